The molecule has 1 amide bonds. The van der Waals surface area contributed by atoms with Crippen molar-refractivity contribution in [3.63, 3.8) is 0 Å². The molecule has 1 saturated heterocycles. The summed E-state index contributed by atoms with van der Waals surface area (Å²) in [4.78, 5) is 15.4. The average Bonchev–Trinajstić information content (AvgIpc) is 2.45. The molecule has 1 aromatic rings. The zero-order valence-electron chi connectivity index (χ0n) is 13.0. The Hall–Kier alpha value is -0.710. The van der Waals surface area contributed by atoms with Crippen LogP contribution in [-0.2, 0) is 4.79 Å². The number of hydrogen-bond acceptors (Lipinski definition) is 3. The van der Waals surface area contributed by atoms with Gasteiger partial charge >= 0.3 is 0 Å². The number of halogens is 1. The Morgan fingerprint density at radius 2 is 2.05 bits per heavy atom. The summed E-state index contributed by atoms with van der Waals surface area (Å²) in [5.41, 5.74) is 1.34. The second-order valence-electron chi connectivity index (χ2n) is 5.65. The summed E-state index contributed by atoms with van der Waals surface area (Å²) in [6.07, 6.45) is 0. The number of thioether (sulfide) groups is 1. The number of nitrogens with one attached hydrogen (secondary N) is 1. The molecule has 5 heteroatoms. The summed E-state index contributed by atoms with van der Waals surface area (Å²) >= 11 is 1.63. The van der Waals surface area contributed by atoms with E-state index < -0.39 is 0 Å². The van der Waals surface area contributed by atoms with Gasteiger partial charge in [-0.15, -0.1) is 24.2 Å². The quantitative estimate of drug-likeness (QED) is 0.862. The fourth-order valence-electron chi connectivity index (χ4n) is 2.39. The normalized spacial score (nSPS) is 18.5. The molecule has 0 aliphatic carbocycles. The highest BCUT2D eigenvalue weighted by molar-refractivity contribution is 8.00. The van der Waals surface area contributed by atoms with Crippen LogP contribution in [0.1, 0.15) is 32.3 Å². The Balaban J connectivity index is 0.00000220. The number of carbonyl (C=O) groups is 1. The molecule has 3 nitrogen and oxygen atoms in total. The number of piperazine rings is 1. The number of nitrogens with zero attached hydrogens (tertiary/aromatic N) is 1. The van der Waals surface area contributed by atoms with Crippen molar-refractivity contribution in [3.8, 4) is 0 Å². The largest absolute Gasteiger partial charge is 0.337 e. The highest BCUT2D eigenvalue weighted by atomic mass is 35.5. The Morgan fingerprint density at radius 3 is 2.62 bits per heavy atom. The molecule has 1 N–H and O–H groups in total. The molecular formula is C16H25ClN2OS. The van der Waals surface area contributed by atoms with Gasteiger partial charge in [0.25, 0.3) is 0 Å². The van der Waals surface area contributed by atoms with Gasteiger partial charge in [0.05, 0.1) is 5.75 Å². The molecule has 1 atom stereocenters. The molecule has 0 radical (unpaired) electrons. The van der Waals surface area contributed by atoms with Crippen molar-refractivity contribution < 1.29 is 4.79 Å². The second-order valence-corrected chi connectivity index (χ2v) is 6.70. The van der Waals surface area contributed by atoms with E-state index in [0.717, 1.165) is 19.6 Å². The fraction of sp³-hybridized carbons (Fsp3) is 0.562. The molecule has 118 valence electrons. The highest BCUT2D eigenvalue weighted by Crippen LogP contribution is 2.22. The zero-order valence-corrected chi connectivity index (χ0v) is 14.6. The van der Waals surface area contributed by atoms with E-state index in [-0.39, 0.29) is 18.3 Å². The molecule has 2 rings (SSSR count). The average molecular weight is 329 g/mol. The fourth-order valence-corrected chi connectivity index (χ4v) is 3.17. The van der Waals surface area contributed by atoms with Gasteiger partial charge in [0.1, 0.15) is 0 Å². The van der Waals surface area contributed by atoms with Crippen molar-refractivity contribution in [2.24, 2.45) is 0 Å². The van der Waals surface area contributed by atoms with Crippen LogP contribution in [0, 0.1) is 0 Å². The van der Waals surface area contributed by atoms with Crippen LogP contribution < -0.4 is 5.32 Å². The standard InChI is InChI=1S/C16H24N2OS.ClH/c1-12(2)14-4-6-15(7-5-14)20-11-16(19)18-9-8-17-10-13(18)3;/h4-7,12-13,17H,8-11H2,1-3H3;1H/t13-;/m0./s1. The predicted octanol–water partition coefficient (Wildman–Crippen LogP) is 3.14. The molecular weight excluding hydrogens is 304 g/mol. The Labute approximate surface area is 138 Å². The molecule has 0 unspecified atom stereocenters. The molecule has 0 saturated carbocycles. The lowest BCUT2D eigenvalue weighted by molar-refractivity contribution is -0.131. The molecule has 0 bridgehead atoms. The van der Waals surface area contributed by atoms with E-state index in [2.05, 4.69) is 50.4 Å². The van der Waals surface area contributed by atoms with Gasteiger partial charge in [0.2, 0.25) is 5.91 Å². The molecule has 0 spiro atoms. The minimum atomic E-state index is 0. The van der Waals surface area contributed by atoms with E-state index in [4.69, 9.17) is 0 Å². The van der Waals surface area contributed by atoms with Gasteiger partial charge < -0.3 is 10.2 Å². The monoisotopic (exact) mass is 328 g/mol. The third kappa shape index (κ3) is 5.20. The van der Waals surface area contributed by atoms with E-state index in [1.165, 1.54) is 10.5 Å². The van der Waals surface area contributed by atoms with Crippen LogP contribution in [0.25, 0.3) is 0 Å². The van der Waals surface area contributed by atoms with Gasteiger partial charge in [-0.25, -0.2) is 0 Å². The maximum absolute atomic E-state index is 12.2. The van der Waals surface area contributed by atoms with Crippen LogP contribution in [0.3, 0.4) is 0 Å². The predicted molar refractivity (Wildman–Crippen MR) is 92.5 cm³/mol. The zero-order chi connectivity index (χ0) is 14.5. The molecule has 1 aliphatic heterocycles. The van der Waals surface area contributed by atoms with Crippen LogP contribution in [0.15, 0.2) is 29.2 Å². The minimum absolute atomic E-state index is 0. The number of benzene rings is 1. The molecule has 1 aromatic carbocycles. The lowest BCUT2D eigenvalue weighted by Crippen LogP contribution is -2.52. The van der Waals surface area contributed by atoms with Crippen molar-refractivity contribution in [2.45, 2.75) is 37.6 Å². The summed E-state index contributed by atoms with van der Waals surface area (Å²) in [7, 11) is 0. The van der Waals surface area contributed by atoms with E-state index in [1.54, 1.807) is 11.8 Å². The van der Waals surface area contributed by atoms with E-state index >= 15 is 0 Å². The van der Waals surface area contributed by atoms with Gasteiger partial charge in [0, 0.05) is 30.6 Å². The van der Waals surface area contributed by atoms with Crippen LogP contribution in [-0.4, -0.2) is 42.2 Å². The Bertz CT molecular complexity index is 450. The van der Waals surface area contributed by atoms with E-state index in [9.17, 15) is 4.79 Å². The highest BCUT2D eigenvalue weighted by Gasteiger charge is 2.22. The SMILES string of the molecule is CC(C)c1ccc(SCC(=O)N2CCNC[C@@H]2C)cc1.Cl. The van der Waals surface area contributed by atoms with Crippen LogP contribution in [0.4, 0.5) is 0 Å². The number of hydrogen-bond donors (Lipinski definition) is 1. The summed E-state index contributed by atoms with van der Waals surface area (Å²) in [6.45, 7) is 9.12. The van der Waals surface area contributed by atoms with Gasteiger partial charge in [-0.3, -0.25) is 4.79 Å². The molecule has 21 heavy (non-hydrogen) atoms. The lowest BCUT2D eigenvalue weighted by Gasteiger charge is -2.33. The first-order valence-electron chi connectivity index (χ1n) is 7.31. The smallest absolute Gasteiger partial charge is 0.233 e. The number of rotatable bonds is 4. The first kappa shape index (κ1) is 18.3. The van der Waals surface area contributed by atoms with Crippen LogP contribution in [0.2, 0.25) is 0 Å². The summed E-state index contributed by atoms with van der Waals surface area (Å²) in [5.74, 6) is 1.33. The van der Waals surface area contributed by atoms with Gasteiger partial charge in [-0.2, -0.15) is 0 Å². The van der Waals surface area contributed by atoms with Crippen LogP contribution in [0.5, 0.6) is 0 Å². The maximum Gasteiger partial charge on any atom is 0.233 e. The second kappa shape index (κ2) is 8.66. The lowest BCUT2D eigenvalue weighted by atomic mass is 10.0. The van der Waals surface area contributed by atoms with Gasteiger partial charge in [0.15, 0.2) is 0 Å². The summed E-state index contributed by atoms with van der Waals surface area (Å²) in [6, 6.07) is 8.86. The topological polar surface area (TPSA) is 32.3 Å². The summed E-state index contributed by atoms with van der Waals surface area (Å²) < 4.78 is 0. The third-order valence-electron chi connectivity index (χ3n) is 3.73. The molecule has 1 heterocycles. The van der Waals surface area contributed by atoms with Crippen molar-refractivity contribution in [1.82, 2.24) is 10.2 Å². The molecule has 1 fully saturated rings. The molecule has 1 aliphatic rings. The molecule has 0 aromatic heterocycles. The summed E-state index contributed by atoms with van der Waals surface area (Å²) in [5, 5.41) is 3.31. The Morgan fingerprint density at radius 1 is 1.38 bits per heavy atom. The number of carbonyl (C=O) groups excluding carboxylic acids is 1. The maximum atomic E-state index is 12.2. The van der Waals surface area contributed by atoms with Crippen molar-refractivity contribution in [3.05, 3.63) is 29.8 Å². The van der Waals surface area contributed by atoms with E-state index in [1.807, 2.05) is 4.90 Å². The van der Waals surface area contributed by atoms with Crippen molar-refractivity contribution in [1.29, 1.82) is 0 Å². The van der Waals surface area contributed by atoms with Crippen molar-refractivity contribution >= 4 is 30.1 Å². The van der Waals surface area contributed by atoms with Crippen LogP contribution >= 0.6 is 24.2 Å². The Kier molecular flexibility index (Phi) is 7.57. The van der Waals surface area contributed by atoms with E-state index in [0.29, 0.717) is 17.7 Å². The van der Waals surface area contributed by atoms with Gasteiger partial charge in [-0.1, -0.05) is 26.0 Å². The van der Waals surface area contributed by atoms with Crippen molar-refractivity contribution in [2.75, 3.05) is 25.4 Å². The minimum Gasteiger partial charge on any atom is -0.337 e. The number of amides is 1. The first-order valence-corrected chi connectivity index (χ1v) is 8.29. The van der Waals surface area contributed by atoms with Gasteiger partial charge in [-0.05, 0) is 30.5 Å². The third-order valence-corrected chi connectivity index (χ3v) is 4.73. The first-order chi connectivity index (χ1) is 9.58.